The van der Waals surface area contributed by atoms with Crippen LogP contribution in [0.2, 0.25) is 0 Å². The first-order valence-electron chi connectivity index (χ1n) is 4.75. The number of nitrogens with zero attached hydrogens (tertiary/aromatic N) is 2. The van der Waals surface area contributed by atoms with Gasteiger partial charge in [0.1, 0.15) is 4.83 Å². The van der Waals surface area contributed by atoms with Gasteiger partial charge in [-0.05, 0) is 12.8 Å². The maximum atomic E-state index is 8.51. The van der Waals surface area contributed by atoms with E-state index in [0.29, 0.717) is 0 Å². The number of rotatable bonds is 7. The largest absolute Gasteiger partial charge is 0.301 e. The minimum atomic E-state index is -0.00877. The number of unbranched alkanes of at least 4 members (excludes halogenated alkanes) is 3. The summed E-state index contributed by atoms with van der Waals surface area (Å²) in [5, 5.41) is 8.51. The topological polar surface area (TPSA) is 28.1 Å². The summed E-state index contributed by atoms with van der Waals surface area (Å²) in [6.45, 7) is 6.74. The van der Waals surface area contributed by atoms with Gasteiger partial charge in [0.25, 0.3) is 4.95 Å². The molecule has 0 N–H and O–H groups in total. The second-order valence-electron chi connectivity index (χ2n) is 3.15. The first-order valence-corrected chi connectivity index (χ1v) is 6.58. The molecule has 2 nitrogen and oxygen atoms in total. The Kier molecular flexibility index (Phi) is 9.45. The van der Waals surface area contributed by atoms with Crippen molar-refractivity contribution in [3.05, 3.63) is 11.4 Å². The average molecular weight is 322 g/mol. The molecule has 0 heterocycles. The SMILES string of the molecule is [C-]#[N+]C(Br)CCCCCCC(Br)C#N. The maximum Gasteiger partial charge on any atom is 0.276 e. The zero-order valence-electron chi connectivity index (χ0n) is 8.05. The van der Waals surface area contributed by atoms with Gasteiger partial charge in [-0.1, -0.05) is 35.2 Å². The Labute approximate surface area is 103 Å². The van der Waals surface area contributed by atoms with Crippen LogP contribution in [0.1, 0.15) is 38.5 Å². The first kappa shape index (κ1) is 13.9. The highest BCUT2D eigenvalue weighted by Crippen LogP contribution is 2.15. The van der Waals surface area contributed by atoms with E-state index in [9.17, 15) is 0 Å². The molecule has 2 atom stereocenters. The first-order chi connectivity index (χ1) is 6.70. The van der Waals surface area contributed by atoms with E-state index in [0.717, 1.165) is 38.5 Å². The van der Waals surface area contributed by atoms with Crippen LogP contribution in [0.5, 0.6) is 0 Å². The third kappa shape index (κ3) is 8.53. The zero-order chi connectivity index (χ0) is 10.8. The summed E-state index contributed by atoms with van der Waals surface area (Å²) in [4.78, 5) is 3.36. The van der Waals surface area contributed by atoms with E-state index >= 15 is 0 Å². The summed E-state index contributed by atoms with van der Waals surface area (Å²) in [7, 11) is 0. The highest BCUT2D eigenvalue weighted by molar-refractivity contribution is 9.09. The van der Waals surface area contributed by atoms with Crippen molar-refractivity contribution in [2.45, 2.75) is 48.3 Å². The van der Waals surface area contributed by atoms with Gasteiger partial charge in [0, 0.05) is 22.4 Å². The van der Waals surface area contributed by atoms with E-state index in [1.165, 1.54) is 0 Å². The Bertz CT molecular complexity index is 193. The van der Waals surface area contributed by atoms with E-state index in [1.807, 2.05) is 0 Å². The second-order valence-corrected chi connectivity index (χ2v) is 5.31. The number of hydrogen-bond acceptors (Lipinski definition) is 1. The Morgan fingerprint density at radius 3 is 2.21 bits per heavy atom. The molecule has 2 unspecified atom stereocenters. The number of nitriles is 1. The van der Waals surface area contributed by atoms with Gasteiger partial charge in [-0.25, -0.2) is 6.57 Å². The minimum absolute atomic E-state index is 0.00877. The van der Waals surface area contributed by atoms with Gasteiger partial charge in [-0.2, -0.15) is 5.26 Å². The van der Waals surface area contributed by atoms with Crippen molar-refractivity contribution in [2.75, 3.05) is 0 Å². The molecule has 14 heavy (non-hydrogen) atoms. The molecule has 0 radical (unpaired) electrons. The Balaban J connectivity index is 3.16. The monoisotopic (exact) mass is 320 g/mol. The van der Waals surface area contributed by atoms with Gasteiger partial charge in [0.2, 0.25) is 0 Å². The van der Waals surface area contributed by atoms with E-state index in [-0.39, 0.29) is 9.78 Å². The summed E-state index contributed by atoms with van der Waals surface area (Å²) in [6, 6.07) is 2.15. The van der Waals surface area contributed by atoms with Gasteiger partial charge in [-0.3, -0.25) is 0 Å². The van der Waals surface area contributed by atoms with Crippen molar-refractivity contribution < 1.29 is 0 Å². The molecule has 0 aliphatic rings. The van der Waals surface area contributed by atoms with Crippen LogP contribution < -0.4 is 0 Å². The molecule has 0 aliphatic carbocycles. The molecule has 0 fully saturated rings. The summed E-state index contributed by atoms with van der Waals surface area (Å²) in [5.41, 5.74) is 0. The zero-order valence-corrected chi connectivity index (χ0v) is 11.2. The van der Waals surface area contributed by atoms with Crippen molar-refractivity contribution in [1.82, 2.24) is 0 Å². The van der Waals surface area contributed by atoms with Crippen LogP contribution >= 0.6 is 31.9 Å². The van der Waals surface area contributed by atoms with Crippen LogP contribution in [-0.2, 0) is 0 Å². The summed E-state index contributed by atoms with van der Waals surface area (Å²) in [5.74, 6) is 0. The molecule has 0 rings (SSSR count). The van der Waals surface area contributed by atoms with Crippen molar-refractivity contribution in [1.29, 1.82) is 5.26 Å². The lowest BCUT2D eigenvalue weighted by Crippen LogP contribution is -1.93. The fourth-order valence-corrected chi connectivity index (χ4v) is 1.77. The predicted octanol–water partition coefficient (Wildman–Crippen LogP) is 4.25. The van der Waals surface area contributed by atoms with Crippen LogP contribution in [0.15, 0.2) is 0 Å². The van der Waals surface area contributed by atoms with Crippen LogP contribution in [0.4, 0.5) is 0 Å². The second kappa shape index (κ2) is 9.49. The lowest BCUT2D eigenvalue weighted by molar-refractivity contribution is 0.609. The molecule has 0 saturated heterocycles. The minimum Gasteiger partial charge on any atom is -0.301 e. The van der Waals surface area contributed by atoms with E-state index < -0.39 is 0 Å². The van der Waals surface area contributed by atoms with E-state index in [1.54, 1.807) is 0 Å². The molecule has 0 saturated carbocycles. The smallest absolute Gasteiger partial charge is 0.276 e. The quantitative estimate of drug-likeness (QED) is 0.298. The normalized spacial score (nSPS) is 14.0. The van der Waals surface area contributed by atoms with Gasteiger partial charge < -0.3 is 4.85 Å². The fourth-order valence-electron chi connectivity index (χ4n) is 1.12. The van der Waals surface area contributed by atoms with Crippen LogP contribution in [0.3, 0.4) is 0 Å². The fraction of sp³-hybridized carbons (Fsp3) is 0.800. The van der Waals surface area contributed by atoms with Crippen molar-refractivity contribution >= 4 is 31.9 Å². The molecule has 78 valence electrons. The third-order valence-corrected chi connectivity index (χ3v) is 3.26. The standard InChI is InChI=1S/C10H14Br2N2/c1-14-10(12)7-5-3-2-4-6-9(11)8-13/h9-10H,2-7H2. The van der Waals surface area contributed by atoms with Gasteiger partial charge in [-0.15, -0.1) is 0 Å². The lowest BCUT2D eigenvalue weighted by Gasteiger charge is -2.01. The average Bonchev–Trinajstić information content (AvgIpc) is 2.22. The van der Waals surface area contributed by atoms with Gasteiger partial charge in [0.05, 0.1) is 6.07 Å². The number of alkyl halides is 2. The van der Waals surface area contributed by atoms with Crippen molar-refractivity contribution in [3.63, 3.8) is 0 Å². The highest BCUT2D eigenvalue weighted by Gasteiger charge is 2.05. The van der Waals surface area contributed by atoms with E-state index in [2.05, 4.69) is 42.8 Å². The number of halogens is 2. The molecule has 0 aromatic rings. The molecule has 4 heteroatoms. The predicted molar refractivity (Wildman–Crippen MR) is 65.3 cm³/mol. The number of hydrogen-bond donors (Lipinski definition) is 0. The van der Waals surface area contributed by atoms with Crippen LogP contribution in [0, 0.1) is 17.9 Å². The molecular weight excluding hydrogens is 308 g/mol. The Morgan fingerprint density at radius 1 is 1.14 bits per heavy atom. The molecule has 0 aromatic heterocycles. The molecule has 0 aliphatic heterocycles. The van der Waals surface area contributed by atoms with Crippen LogP contribution in [-0.4, -0.2) is 9.78 Å². The van der Waals surface area contributed by atoms with Gasteiger partial charge in [0.15, 0.2) is 0 Å². The van der Waals surface area contributed by atoms with Crippen molar-refractivity contribution in [2.24, 2.45) is 0 Å². The Hall–Kier alpha value is -0.0600. The molecule has 0 amide bonds. The molecule has 0 aromatic carbocycles. The van der Waals surface area contributed by atoms with Crippen molar-refractivity contribution in [3.8, 4) is 6.07 Å². The summed E-state index contributed by atoms with van der Waals surface area (Å²) >= 11 is 6.55. The maximum absolute atomic E-state index is 8.51. The van der Waals surface area contributed by atoms with Gasteiger partial charge >= 0.3 is 0 Å². The summed E-state index contributed by atoms with van der Waals surface area (Å²) < 4.78 is 0. The molecular formula is C10H14Br2N2. The highest BCUT2D eigenvalue weighted by atomic mass is 79.9. The Morgan fingerprint density at radius 2 is 1.71 bits per heavy atom. The van der Waals surface area contributed by atoms with Crippen LogP contribution in [0.25, 0.3) is 4.85 Å². The van der Waals surface area contributed by atoms with E-state index in [4.69, 9.17) is 11.8 Å². The lowest BCUT2D eigenvalue weighted by atomic mass is 10.1. The summed E-state index contributed by atoms with van der Waals surface area (Å²) in [6.07, 6.45) is 6.35. The molecule has 0 spiro atoms. The molecule has 0 bridgehead atoms. The third-order valence-electron chi connectivity index (χ3n) is 1.93.